The zero-order valence-electron chi connectivity index (χ0n) is 15.2. The van der Waals surface area contributed by atoms with Gasteiger partial charge in [-0.1, -0.05) is 0 Å². The Hall–Kier alpha value is -1.90. The smallest absolute Gasteiger partial charge is 0.364 e. The van der Waals surface area contributed by atoms with Gasteiger partial charge in [0.05, 0.1) is 25.5 Å². The highest BCUT2D eigenvalue weighted by Gasteiger charge is 2.44. The summed E-state index contributed by atoms with van der Waals surface area (Å²) in [6.45, 7) is 0.174. The van der Waals surface area contributed by atoms with Crippen LogP contribution in [0.15, 0.2) is 23.5 Å². The first kappa shape index (κ1) is 20.8. The second-order valence-electron chi connectivity index (χ2n) is 6.89. The van der Waals surface area contributed by atoms with Crippen molar-refractivity contribution in [2.24, 2.45) is 11.8 Å². The Bertz CT molecular complexity index is 821. The minimum absolute atomic E-state index is 0.0710. The van der Waals surface area contributed by atoms with Crippen molar-refractivity contribution in [2.75, 3.05) is 20.3 Å². The molecule has 2 unspecified atom stereocenters. The summed E-state index contributed by atoms with van der Waals surface area (Å²) >= 11 is 5.04. The zero-order valence-corrected chi connectivity index (χ0v) is 16.0. The molecule has 152 valence electrons. The number of allylic oxidation sites excluding steroid dienone is 2. The van der Waals surface area contributed by atoms with Crippen LogP contribution < -0.4 is 0 Å². The number of halogens is 3. The molecular weight excluding hydrogens is 396 g/mol. The standard InChI is InChI=1S/C19H20ClF2NO5/c1-27-6-7-28-9-13-12(4-5-14(23-13)19(20,21)22)18(26)15-16(24)10-2-3-11(8-10)17(15)25/h4-5,10-11,24H,2-3,6-9H2,1H3. The maximum Gasteiger partial charge on any atom is 0.364 e. The highest BCUT2D eigenvalue weighted by atomic mass is 35.5. The SMILES string of the molecule is COCCOCc1nc(C(F)(F)Cl)ccc1C(=O)C1=C(O)C2CCC(C2)C1=O. The molecule has 0 aromatic carbocycles. The highest BCUT2D eigenvalue weighted by molar-refractivity contribution is 6.28. The fraction of sp³-hybridized carbons (Fsp3) is 0.526. The van der Waals surface area contributed by atoms with Crippen LogP contribution in [0.25, 0.3) is 0 Å². The van der Waals surface area contributed by atoms with Gasteiger partial charge >= 0.3 is 5.38 Å². The number of aliphatic hydroxyl groups is 1. The van der Waals surface area contributed by atoms with Gasteiger partial charge in [0.25, 0.3) is 0 Å². The second kappa shape index (κ2) is 8.23. The number of fused-ring (bicyclic) bond motifs is 2. The van der Waals surface area contributed by atoms with E-state index in [1.807, 2.05) is 0 Å². The van der Waals surface area contributed by atoms with E-state index in [0.717, 1.165) is 12.1 Å². The number of rotatable bonds is 8. The summed E-state index contributed by atoms with van der Waals surface area (Å²) in [5, 5.41) is 6.69. The van der Waals surface area contributed by atoms with Crippen molar-refractivity contribution >= 4 is 23.2 Å². The predicted molar refractivity (Wildman–Crippen MR) is 95.3 cm³/mol. The van der Waals surface area contributed by atoms with Crippen molar-refractivity contribution in [1.29, 1.82) is 0 Å². The van der Waals surface area contributed by atoms with Gasteiger partial charge in [-0.15, -0.1) is 0 Å². The molecule has 1 fully saturated rings. The number of carbonyl (C=O) groups excluding carboxylic acids is 2. The van der Waals surface area contributed by atoms with Crippen LogP contribution >= 0.6 is 11.6 Å². The lowest BCUT2D eigenvalue weighted by molar-refractivity contribution is -0.119. The maximum absolute atomic E-state index is 13.5. The normalized spacial score (nSPS) is 22.1. The lowest BCUT2D eigenvalue weighted by Gasteiger charge is -2.21. The molecule has 2 atom stereocenters. The number of aromatic nitrogens is 1. The Morgan fingerprint density at radius 1 is 1.32 bits per heavy atom. The van der Waals surface area contributed by atoms with Crippen molar-refractivity contribution in [3.05, 3.63) is 40.4 Å². The van der Waals surface area contributed by atoms with Crippen molar-refractivity contribution < 1.29 is 33.0 Å². The molecule has 0 amide bonds. The van der Waals surface area contributed by atoms with E-state index < -0.39 is 22.6 Å². The van der Waals surface area contributed by atoms with E-state index in [9.17, 15) is 23.5 Å². The fourth-order valence-corrected chi connectivity index (χ4v) is 3.76. The first-order valence-corrected chi connectivity index (χ1v) is 9.27. The molecule has 3 rings (SSSR count). The van der Waals surface area contributed by atoms with Crippen LogP contribution in [0.3, 0.4) is 0 Å². The molecule has 9 heteroatoms. The number of nitrogens with zero attached hydrogens (tertiary/aromatic N) is 1. The van der Waals surface area contributed by atoms with Crippen LogP contribution in [0.2, 0.25) is 0 Å². The fourth-order valence-electron chi connectivity index (χ4n) is 3.65. The quantitative estimate of drug-likeness (QED) is 0.302. The molecule has 2 bridgehead atoms. The Morgan fingerprint density at radius 2 is 2.04 bits per heavy atom. The van der Waals surface area contributed by atoms with Gasteiger partial charge in [-0.25, -0.2) is 4.98 Å². The molecule has 1 N–H and O–H groups in total. The highest BCUT2D eigenvalue weighted by Crippen LogP contribution is 2.43. The molecule has 0 aliphatic heterocycles. The molecule has 0 radical (unpaired) electrons. The first-order chi connectivity index (χ1) is 13.2. The topological polar surface area (TPSA) is 85.7 Å². The van der Waals surface area contributed by atoms with E-state index in [0.29, 0.717) is 19.3 Å². The summed E-state index contributed by atoms with van der Waals surface area (Å²) in [5.41, 5.74) is -1.16. The number of ether oxygens (including phenoxy) is 2. The summed E-state index contributed by atoms with van der Waals surface area (Å²) in [6.07, 6.45) is 1.79. The molecule has 0 saturated heterocycles. The molecule has 1 aromatic heterocycles. The van der Waals surface area contributed by atoms with Gasteiger partial charge in [0.15, 0.2) is 5.78 Å². The molecule has 1 heterocycles. The third-order valence-electron chi connectivity index (χ3n) is 5.10. The van der Waals surface area contributed by atoms with Crippen molar-refractivity contribution in [2.45, 2.75) is 31.3 Å². The summed E-state index contributed by atoms with van der Waals surface area (Å²) in [6, 6.07) is 2.07. The van der Waals surface area contributed by atoms with Crippen LogP contribution in [0.4, 0.5) is 8.78 Å². The molecule has 0 spiro atoms. The third kappa shape index (κ3) is 4.09. The minimum Gasteiger partial charge on any atom is -0.511 e. The second-order valence-corrected chi connectivity index (χ2v) is 7.37. The van der Waals surface area contributed by atoms with Crippen molar-refractivity contribution in [3.8, 4) is 0 Å². The van der Waals surface area contributed by atoms with E-state index in [1.165, 1.54) is 7.11 Å². The van der Waals surface area contributed by atoms with Crippen LogP contribution in [0.5, 0.6) is 0 Å². The number of Topliss-reactive ketones (excluding diaryl/α,β-unsaturated/α-hetero) is 2. The molecule has 2 aliphatic carbocycles. The number of carbonyl (C=O) groups is 2. The van der Waals surface area contributed by atoms with Gasteiger partial charge in [0.2, 0.25) is 5.78 Å². The van der Waals surface area contributed by atoms with Gasteiger partial charge in [0.1, 0.15) is 17.0 Å². The van der Waals surface area contributed by atoms with Crippen LogP contribution in [-0.2, 0) is 26.3 Å². The van der Waals surface area contributed by atoms with E-state index in [-0.39, 0.29) is 54.2 Å². The van der Waals surface area contributed by atoms with Crippen LogP contribution in [0.1, 0.15) is 41.0 Å². The van der Waals surface area contributed by atoms with Gasteiger partial charge in [-0.05, 0) is 43.0 Å². The van der Waals surface area contributed by atoms with Gasteiger partial charge in [-0.3, -0.25) is 9.59 Å². The lowest BCUT2D eigenvalue weighted by Crippen LogP contribution is -2.28. The molecule has 2 aliphatic rings. The maximum atomic E-state index is 13.5. The lowest BCUT2D eigenvalue weighted by atomic mass is 9.83. The number of hydrogen-bond donors (Lipinski definition) is 1. The average molecular weight is 416 g/mol. The Morgan fingerprint density at radius 3 is 2.71 bits per heavy atom. The number of ketones is 2. The number of methoxy groups -OCH3 is 1. The summed E-state index contributed by atoms with van der Waals surface area (Å²) in [7, 11) is 1.48. The number of pyridine rings is 1. The minimum atomic E-state index is -3.72. The molecule has 1 aromatic rings. The number of aliphatic hydroxyl groups excluding tert-OH is 1. The summed E-state index contributed by atoms with van der Waals surface area (Å²) in [5.74, 6) is -1.87. The van der Waals surface area contributed by atoms with Crippen LogP contribution in [0, 0.1) is 11.8 Å². The largest absolute Gasteiger partial charge is 0.511 e. The Kier molecular flexibility index (Phi) is 6.12. The molecule has 28 heavy (non-hydrogen) atoms. The Balaban J connectivity index is 1.96. The van der Waals surface area contributed by atoms with Gasteiger partial charge in [-0.2, -0.15) is 8.78 Å². The van der Waals surface area contributed by atoms with Crippen molar-refractivity contribution in [3.63, 3.8) is 0 Å². The van der Waals surface area contributed by atoms with E-state index in [4.69, 9.17) is 21.1 Å². The third-order valence-corrected chi connectivity index (χ3v) is 5.29. The monoisotopic (exact) mass is 415 g/mol. The van der Waals surface area contributed by atoms with E-state index in [2.05, 4.69) is 4.98 Å². The number of alkyl halides is 3. The van der Waals surface area contributed by atoms with E-state index >= 15 is 0 Å². The van der Waals surface area contributed by atoms with Gasteiger partial charge in [0, 0.05) is 24.5 Å². The summed E-state index contributed by atoms with van der Waals surface area (Å²) < 4.78 is 37.1. The predicted octanol–water partition coefficient (Wildman–Crippen LogP) is 3.53. The van der Waals surface area contributed by atoms with Crippen LogP contribution in [-0.4, -0.2) is 42.0 Å². The first-order valence-electron chi connectivity index (χ1n) is 8.89. The molecule has 1 saturated carbocycles. The van der Waals surface area contributed by atoms with Crippen molar-refractivity contribution in [1.82, 2.24) is 4.98 Å². The average Bonchev–Trinajstić information content (AvgIpc) is 3.10. The summed E-state index contributed by atoms with van der Waals surface area (Å²) in [4.78, 5) is 29.4. The molecular formula is C19H20ClF2NO5. The Labute approximate surface area is 165 Å². The molecule has 6 nitrogen and oxygen atoms in total. The number of hydrogen-bond acceptors (Lipinski definition) is 6. The van der Waals surface area contributed by atoms with Gasteiger partial charge < -0.3 is 14.6 Å². The zero-order chi connectivity index (χ0) is 20.5. The van der Waals surface area contributed by atoms with E-state index in [1.54, 1.807) is 0 Å².